The van der Waals surface area contributed by atoms with Gasteiger partial charge in [0.2, 0.25) is 0 Å². The van der Waals surface area contributed by atoms with Crippen molar-refractivity contribution in [2.45, 2.75) is 0 Å². The SMILES string of the molecule is Nc1ncc(C(=O)Nc2ccc(F)cc2)s1. The summed E-state index contributed by atoms with van der Waals surface area (Å²) >= 11 is 1.10. The molecule has 0 saturated heterocycles. The first-order chi connectivity index (χ1) is 7.65. The molecule has 0 unspecified atom stereocenters. The number of amides is 1. The molecule has 0 spiro atoms. The maximum Gasteiger partial charge on any atom is 0.267 e. The Labute approximate surface area is 94.9 Å². The first-order valence-corrected chi connectivity index (χ1v) is 5.25. The van der Waals surface area contributed by atoms with Crippen molar-refractivity contribution < 1.29 is 9.18 Å². The topological polar surface area (TPSA) is 68.0 Å². The largest absolute Gasteiger partial charge is 0.375 e. The van der Waals surface area contributed by atoms with Crippen molar-refractivity contribution in [1.29, 1.82) is 0 Å². The minimum atomic E-state index is -0.347. The summed E-state index contributed by atoms with van der Waals surface area (Å²) in [6.07, 6.45) is 1.40. The van der Waals surface area contributed by atoms with Gasteiger partial charge in [-0.15, -0.1) is 0 Å². The lowest BCUT2D eigenvalue weighted by Gasteiger charge is -2.02. The fourth-order valence-corrected chi connectivity index (χ4v) is 1.70. The Kier molecular flexibility index (Phi) is 2.82. The number of benzene rings is 1. The van der Waals surface area contributed by atoms with E-state index >= 15 is 0 Å². The van der Waals surface area contributed by atoms with E-state index in [1.54, 1.807) is 0 Å². The van der Waals surface area contributed by atoms with E-state index in [0.29, 0.717) is 15.7 Å². The number of anilines is 2. The average Bonchev–Trinajstić information content (AvgIpc) is 2.68. The van der Waals surface area contributed by atoms with Crippen molar-refractivity contribution in [2.24, 2.45) is 0 Å². The number of hydrogen-bond donors (Lipinski definition) is 2. The van der Waals surface area contributed by atoms with E-state index in [4.69, 9.17) is 5.73 Å². The number of nitrogens with zero attached hydrogens (tertiary/aromatic N) is 1. The Bertz CT molecular complexity index is 509. The van der Waals surface area contributed by atoms with Crippen LogP contribution in [-0.4, -0.2) is 10.9 Å². The maximum absolute atomic E-state index is 12.6. The van der Waals surface area contributed by atoms with Gasteiger partial charge in [0, 0.05) is 5.69 Å². The molecule has 0 aliphatic carbocycles. The molecule has 3 N–H and O–H groups in total. The van der Waals surface area contributed by atoms with Crippen LogP contribution in [0, 0.1) is 5.82 Å². The normalized spacial score (nSPS) is 10.1. The molecule has 0 fully saturated rings. The van der Waals surface area contributed by atoms with Crippen LogP contribution in [0.3, 0.4) is 0 Å². The fourth-order valence-electron chi connectivity index (χ4n) is 1.12. The minimum Gasteiger partial charge on any atom is -0.375 e. The first-order valence-electron chi connectivity index (χ1n) is 4.43. The van der Waals surface area contributed by atoms with Crippen LogP contribution in [0.2, 0.25) is 0 Å². The second kappa shape index (κ2) is 4.28. The molecule has 1 amide bonds. The molecule has 0 atom stereocenters. The molecule has 16 heavy (non-hydrogen) atoms. The van der Waals surface area contributed by atoms with Crippen molar-refractivity contribution in [3.8, 4) is 0 Å². The van der Waals surface area contributed by atoms with Crippen LogP contribution >= 0.6 is 11.3 Å². The first kappa shape index (κ1) is 10.6. The number of halogens is 1. The predicted octanol–water partition coefficient (Wildman–Crippen LogP) is 2.12. The number of thiazole rings is 1. The highest BCUT2D eigenvalue weighted by molar-refractivity contribution is 7.17. The molecule has 1 aromatic heterocycles. The number of rotatable bonds is 2. The van der Waals surface area contributed by atoms with Crippen LogP contribution in [-0.2, 0) is 0 Å². The second-order valence-electron chi connectivity index (χ2n) is 3.02. The summed E-state index contributed by atoms with van der Waals surface area (Å²) in [7, 11) is 0. The van der Waals surface area contributed by atoms with Crippen molar-refractivity contribution in [3.63, 3.8) is 0 Å². The van der Waals surface area contributed by atoms with Gasteiger partial charge >= 0.3 is 0 Å². The van der Waals surface area contributed by atoms with Gasteiger partial charge in [-0.25, -0.2) is 9.37 Å². The summed E-state index contributed by atoms with van der Waals surface area (Å²) in [6, 6.07) is 5.52. The van der Waals surface area contributed by atoms with Crippen molar-refractivity contribution in [3.05, 3.63) is 41.2 Å². The van der Waals surface area contributed by atoms with E-state index in [-0.39, 0.29) is 11.7 Å². The lowest BCUT2D eigenvalue weighted by molar-refractivity contribution is 0.103. The minimum absolute atomic E-state index is 0.305. The molecule has 4 nitrogen and oxygen atoms in total. The highest BCUT2D eigenvalue weighted by Gasteiger charge is 2.09. The van der Waals surface area contributed by atoms with Crippen molar-refractivity contribution in [2.75, 3.05) is 11.1 Å². The summed E-state index contributed by atoms with van der Waals surface area (Å²) < 4.78 is 12.6. The lowest BCUT2D eigenvalue weighted by atomic mass is 10.3. The number of aromatic nitrogens is 1. The molecule has 0 radical (unpaired) electrons. The zero-order valence-electron chi connectivity index (χ0n) is 8.11. The van der Waals surface area contributed by atoms with E-state index in [2.05, 4.69) is 10.3 Å². The summed E-state index contributed by atoms with van der Waals surface area (Å²) in [5, 5.41) is 2.95. The maximum atomic E-state index is 12.6. The molecule has 1 aromatic carbocycles. The van der Waals surface area contributed by atoms with E-state index in [9.17, 15) is 9.18 Å². The van der Waals surface area contributed by atoms with Crippen LogP contribution < -0.4 is 11.1 Å². The highest BCUT2D eigenvalue weighted by atomic mass is 32.1. The second-order valence-corrected chi connectivity index (χ2v) is 4.09. The molecule has 82 valence electrons. The Morgan fingerprint density at radius 2 is 2.06 bits per heavy atom. The van der Waals surface area contributed by atoms with Crippen LogP contribution in [0.15, 0.2) is 30.5 Å². The number of hydrogen-bond acceptors (Lipinski definition) is 4. The molecule has 0 aliphatic heterocycles. The molecule has 6 heteroatoms. The number of nitrogens with one attached hydrogen (secondary N) is 1. The van der Waals surface area contributed by atoms with Gasteiger partial charge in [0.15, 0.2) is 5.13 Å². The van der Waals surface area contributed by atoms with Gasteiger partial charge in [-0.2, -0.15) is 0 Å². The zero-order valence-corrected chi connectivity index (χ0v) is 8.92. The number of nitrogen functional groups attached to an aromatic ring is 1. The summed E-state index contributed by atoms with van der Waals surface area (Å²) in [6.45, 7) is 0. The summed E-state index contributed by atoms with van der Waals surface area (Å²) in [5.74, 6) is -0.652. The molecular formula is C10H8FN3OS. The van der Waals surface area contributed by atoms with Gasteiger partial charge in [-0.3, -0.25) is 4.79 Å². The van der Waals surface area contributed by atoms with E-state index in [1.165, 1.54) is 30.5 Å². The van der Waals surface area contributed by atoms with Crippen molar-refractivity contribution >= 4 is 28.1 Å². The molecule has 0 aliphatic rings. The zero-order chi connectivity index (χ0) is 11.5. The van der Waals surface area contributed by atoms with E-state index < -0.39 is 0 Å². The van der Waals surface area contributed by atoms with Gasteiger partial charge < -0.3 is 11.1 Å². The third-order valence-corrected chi connectivity index (χ3v) is 2.67. The molecule has 0 saturated carbocycles. The number of carbonyl (C=O) groups excluding carboxylic acids is 1. The van der Waals surface area contributed by atoms with Crippen LogP contribution in [0.5, 0.6) is 0 Å². The van der Waals surface area contributed by atoms with Crippen LogP contribution in [0.25, 0.3) is 0 Å². The number of carbonyl (C=O) groups is 1. The van der Waals surface area contributed by atoms with Gasteiger partial charge in [-0.1, -0.05) is 11.3 Å². The fraction of sp³-hybridized carbons (Fsp3) is 0. The molecule has 1 heterocycles. The average molecular weight is 237 g/mol. The Hall–Kier alpha value is -1.95. The van der Waals surface area contributed by atoms with Crippen LogP contribution in [0.1, 0.15) is 9.67 Å². The van der Waals surface area contributed by atoms with Gasteiger partial charge in [0.05, 0.1) is 6.20 Å². The lowest BCUT2D eigenvalue weighted by Crippen LogP contribution is -2.09. The molecular weight excluding hydrogens is 229 g/mol. The third kappa shape index (κ3) is 2.34. The molecule has 2 aromatic rings. The van der Waals surface area contributed by atoms with Gasteiger partial charge in [0.1, 0.15) is 10.7 Å². The van der Waals surface area contributed by atoms with Crippen molar-refractivity contribution in [1.82, 2.24) is 4.98 Å². The molecule has 0 bridgehead atoms. The Morgan fingerprint density at radius 1 is 1.38 bits per heavy atom. The molecule has 2 rings (SSSR count). The summed E-state index contributed by atoms with van der Waals surface area (Å²) in [5.41, 5.74) is 5.93. The van der Waals surface area contributed by atoms with Crippen LogP contribution in [0.4, 0.5) is 15.2 Å². The monoisotopic (exact) mass is 237 g/mol. The number of nitrogens with two attached hydrogens (primary N) is 1. The Morgan fingerprint density at radius 3 is 2.62 bits per heavy atom. The Balaban J connectivity index is 2.10. The van der Waals surface area contributed by atoms with Gasteiger partial charge in [0.25, 0.3) is 5.91 Å². The van der Waals surface area contributed by atoms with E-state index in [1.807, 2.05) is 0 Å². The van der Waals surface area contributed by atoms with E-state index in [0.717, 1.165) is 11.3 Å². The highest BCUT2D eigenvalue weighted by Crippen LogP contribution is 2.16. The third-order valence-electron chi connectivity index (χ3n) is 1.85. The summed E-state index contributed by atoms with van der Waals surface area (Å²) in [4.78, 5) is 15.8. The quantitative estimate of drug-likeness (QED) is 0.840. The predicted molar refractivity (Wildman–Crippen MR) is 60.9 cm³/mol. The van der Waals surface area contributed by atoms with Gasteiger partial charge in [-0.05, 0) is 24.3 Å². The smallest absolute Gasteiger partial charge is 0.267 e. The standard InChI is InChI=1S/C10H8FN3OS/c11-6-1-3-7(4-2-6)14-9(15)8-5-13-10(12)16-8/h1-5H,(H2,12,13)(H,14,15).